The molecule has 0 amide bonds. The lowest BCUT2D eigenvalue weighted by Gasteiger charge is -2.09. The first-order valence-electron chi connectivity index (χ1n) is 5.56. The van der Waals surface area contributed by atoms with Crippen molar-refractivity contribution in [3.05, 3.63) is 52.3 Å². The van der Waals surface area contributed by atoms with Crippen molar-refractivity contribution in [3.63, 3.8) is 0 Å². The number of nitrogens with zero attached hydrogens (tertiary/aromatic N) is 2. The highest BCUT2D eigenvalue weighted by molar-refractivity contribution is 9.10. The van der Waals surface area contributed by atoms with Crippen molar-refractivity contribution in [3.8, 4) is 5.69 Å². The van der Waals surface area contributed by atoms with Crippen molar-refractivity contribution in [2.45, 2.75) is 0 Å². The predicted molar refractivity (Wildman–Crippen MR) is 73.1 cm³/mol. The average molecular weight is 342 g/mol. The lowest BCUT2D eigenvalue weighted by atomic mass is 10.2. The number of imidazole rings is 1. The summed E-state index contributed by atoms with van der Waals surface area (Å²) in [5.74, 6) is -3.41. The molecule has 0 aliphatic carbocycles. The Bertz CT molecular complexity index is 829. The third-order valence-corrected chi connectivity index (χ3v) is 3.35. The number of benzene rings is 2. The molecular formula is C13H7BrF3N3. The molecule has 0 saturated carbocycles. The van der Waals surface area contributed by atoms with E-state index >= 15 is 0 Å². The fraction of sp³-hybridized carbons (Fsp3) is 0. The minimum atomic E-state index is -1.28. The largest absolute Gasteiger partial charge is 0.369 e. The van der Waals surface area contributed by atoms with Gasteiger partial charge >= 0.3 is 0 Å². The SMILES string of the molecule is Nc1nc2ccc(Br)cc2n1-c1cc(F)cc(F)c1F. The first-order chi connectivity index (χ1) is 9.47. The van der Waals surface area contributed by atoms with Gasteiger partial charge in [-0.05, 0) is 18.2 Å². The molecule has 20 heavy (non-hydrogen) atoms. The van der Waals surface area contributed by atoms with E-state index in [0.717, 1.165) is 6.07 Å². The summed E-state index contributed by atoms with van der Waals surface area (Å²) in [4.78, 5) is 4.04. The molecular weight excluding hydrogens is 335 g/mol. The van der Waals surface area contributed by atoms with Gasteiger partial charge in [0.05, 0.1) is 16.7 Å². The van der Waals surface area contributed by atoms with Crippen LogP contribution in [0.2, 0.25) is 0 Å². The Kier molecular flexibility index (Phi) is 2.93. The Morgan fingerprint density at radius 1 is 1.10 bits per heavy atom. The first-order valence-corrected chi connectivity index (χ1v) is 6.35. The maximum absolute atomic E-state index is 13.9. The molecule has 3 aromatic rings. The number of rotatable bonds is 1. The summed E-state index contributed by atoms with van der Waals surface area (Å²) in [5.41, 5.74) is 6.35. The summed E-state index contributed by atoms with van der Waals surface area (Å²) < 4.78 is 42.4. The van der Waals surface area contributed by atoms with Crippen LogP contribution >= 0.6 is 15.9 Å². The minimum Gasteiger partial charge on any atom is -0.369 e. The Morgan fingerprint density at radius 2 is 1.85 bits per heavy atom. The number of hydrogen-bond acceptors (Lipinski definition) is 2. The number of fused-ring (bicyclic) bond motifs is 1. The van der Waals surface area contributed by atoms with Crippen LogP contribution in [0.5, 0.6) is 0 Å². The van der Waals surface area contributed by atoms with Gasteiger partial charge in [0.2, 0.25) is 5.95 Å². The minimum absolute atomic E-state index is 0.0537. The Morgan fingerprint density at radius 3 is 2.60 bits per heavy atom. The molecule has 2 aromatic carbocycles. The first kappa shape index (κ1) is 13.0. The zero-order chi connectivity index (χ0) is 14.4. The monoisotopic (exact) mass is 341 g/mol. The van der Waals surface area contributed by atoms with Crippen LogP contribution in [0.1, 0.15) is 0 Å². The summed E-state index contributed by atoms with van der Waals surface area (Å²) in [5, 5.41) is 0. The van der Waals surface area contributed by atoms with E-state index in [9.17, 15) is 13.2 Å². The van der Waals surface area contributed by atoms with Crippen LogP contribution < -0.4 is 5.73 Å². The van der Waals surface area contributed by atoms with Crippen LogP contribution in [0, 0.1) is 17.5 Å². The summed E-state index contributed by atoms with van der Waals surface area (Å²) in [6.07, 6.45) is 0. The number of aromatic nitrogens is 2. The number of nitrogen functional groups attached to an aromatic ring is 1. The van der Waals surface area contributed by atoms with E-state index < -0.39 is 17.5 Å². The molecule has 1 aromatic heterocycles. The fourth-order valence-corrected chi connectivity index (χ4v) is 2.37. The molecule has 0 aliphatic rings. The van der Waals surface area contributed by atoms with E-state index in [1.807, 2.05) is 0 Å². The van der Waals surface area contributed by atoms with Crippen LogP contribution in [-0.2, 0) is 0 Å². The topological polar surface area (TPSA) is 43.8 Å². The van der Waals surface area contributed by atoms with Gasteiger partial charge in [0.1, 0.15) is 5.82 Å². The van der Waals surface area contributed by atoms with Crippen molar-refractivity contribution in [1.29, 1.82) is 0 Å². The molecule has 0 unspecified atom stereocenters. The van der Waals surface area contributed by atoms with E-state index in [4.69, 9.17) is 5.73 Å². The van der Waals surface area contributed by atoms with E-state index in [1.165, 1.54) is 4.57 Å². The number of hydrogen-bond donors (Lipinski definition) is 1. The zero-order valence-corrected chi connectivity index (χ0v) is 11.5. The molecule has 3 rings (SSSR count). The summed E-state index contributed by atoms with van der Waals surface area (Å²) in [7, 11) is 0. The highest BCUT2D eigenvalue weighted by atomic mass is 79.9. The van der Waals surface area contributed by atoms with Crippen molar-refractivity contribution in [2.75, 3.05) is 5.73 Å². The van der Waals surface area contributed by atoms with Crippen LogP contribution in [0.25, 0.3) is 16.7 Å². The molecule has 102 valence electrons. The molecule has 0 bridgehead atoms. The second kappa shape index (κ2) is 4.52. The van der Waals surface area contributed by atoms with E-state index in [0.29, 0.717) is 21.6 Å². The molecule has 0 saturated heterocycles. The molecule has 0 fully saturated rings. The maximum Gasteiger partial charge on any atom is 0.206 e. The number of nitrogens with two attached hydrogens (primary N) is 1. The summed E-state index contributed by atoms with van der Waals surface area (Å²) in [6.45, 7) is 0. The second-order valence-corrected chi connectivity index (χ2v) is 5.07. The van der Waals surface area contributed by atoms with Gasteiger partial charge in [-0.3, -0.25) is 4.57 Å². The molecule has 3 nitrogen and oxygen atoms in total. The molecule has 0 radical (unpaired) electrons. The maximum atomic E-state index is 13.9. The van der Waals surface area contributed by atoms with Gasteiger partial charge in [-0.1, -0.05) is 15.9 Å². The Hall–Kier alpha value is -2.02. The average Bonchev–Trinajstić information content (AvgIpc) is 2.69. The van der Waals surface area contributed by atoms with Gasteiger partial charge in [0.25, 0.3) is 0 Å². The van der Waals surface area contributed by atoms with Crippen molar-refractivity contribution < 1.29 is 13.2 Å². The van der Waals surface area contributed by atoms with Gasteiger partial charge in [-0.2, -0.15) is 0 Å². The van der Waals surface area contributed by atoms with E-state index in [2.05, 4.69) is 20.9 Å². The van der Waals surface area contributed by atoms with E-state index in [-0.39, 0.29) is 11.6 Å². The highest BCUT2D eigenvalue weighted by Crippen LogP contribution is 2.28. The molecule has 0 atom stereocenters. The quantitative estimate of drug-likeness (QED) is 0.684. The normalized spacial score (nSPS) is 11.2. The van der Waals surface area contributed by atoms with Crippen LogP contribution in [0.3, 0.4) is 0 Å². The smallest absolute Gasteiger partial charge is 0.206 e. The molecule has 2 N–H and O–H groups in total. The lowest BCUT2D eigenvalue weighted by Crippen LogP contribution is -2.05. The van der Waals surface area contributed by atoms with Crippen LogP contribution in [0.15, 0.2) is 34.8 Å². The number of halogens is 4. The summed E-state index contributed by atoms with van der Waals surface area (Å²) >= 11 is 3.27. The van der Waals surface area contributed by atoms with Gasteiger partial charge in [0, 0.05) is 16.6 Å². The Labute approximate surface area is 120 Å². The Balaban J connectivity index is 2.40. The predicted octanol–water partition coefficient (Wildman–Crippen LogP) is 3.79. The van der Waals surface area contributed by atoms with Crippen molar-refractivity contribution in [2.24, 2.45) is 0 Å². The van der Waals surface area contributed by atoms with Gasteiger partial charge in [0.15, 0.2) is 11.6 Å². The molecule has 1 heterocycles. The van der Waals surface area contributed by atoms with Crippen molar-refractivity contribution >= 4 is 32.9 Å². The third-order valence-electron chi connectivity index (χ3n) is 2.86. The second-order valence-electron chi connectivity index (χ2n) is 4.16. The fourth-order valence-electron chi connectivity index (χ4n) is 2.03. The van der Waals surface area contributed by atoms with Gasteiger partial charge < -0.3 is 5.73 Å². The van der Waals surface area contributed by atoms with Crippen LogP contribution in [-0.4, -0.2) is 9.55 Å². The zero-order valence-electron chi connectivity index (χ0n) is 9.87. The van der Waals surface area contributed by atoms with Gasteiger partial charge in [-0.25, -0.2) is 18.2 Å². The number of anilines is 1. The molecule has 7 heteroatoms. The standard InChI is InChI=1S/C13H7BrF3N3/c14-6-1-2-9-10(3-6)20(13(18)19-9)11-5-7(15)4-8(16)12(11)17/h1-5H,(H2,18,19). The molecule has 0 spiro atoms. The summed E-state index contributed by atoms with van der Waals surface area (Å²) in [6, 6.07) is 6.39. The van der Waals surface area contributed by atoms with Crippen molar-refractivity contribution in [1.82, 2.24) is 9.55 Å². The molecule has 0 aliphatic heterocycles. The van der Waals surface area contributed by atoms with E-state index in [1.54, 1.807) is 18.2 Å². The highest BCUT2D eigenvalue weighted by Gasteiger charge is 2.18. The lowest BCUT2D eigenvalue weighted by molar-refractivity contribution is 0.491. The van der Waals surface area contributed by atoms with Gasteiger partial charge in [-0.15, -0.1) is 0 Å². The third kappa shape index (κ3) is 1.94. The van der Waals surface area contributed by atoms with Crippen LogP contribution in [0.4, 0.5) is 19.1 Å².